The molecule has 0 saturated heterocycles. The molecule has 0 fully saturated rings. The summed E-state index contributed by atoms with van der Waals surface area (Å²) in [5.41, 5.74) is -0.199. The van der Waals surface area contributed by atoms with E-state index in [0.29, 0.717) is 5.88 Å². The molecule has 1 N–H and O–H groups in total. The van der Waals surface area contributed by atoms with Crippen molar-refractivity contribution in [3.63, 3.8) is 0 Å². The van der Waals surface area contributed by atoms with Crippen molar-refractivity contribution >= 4 is 28.8 Å². The van der Waals surface area contributed by atoms with Crippen LogP contribution in [0.25, 0.3) is 0 Å². The molecule has 0 aromatic carbocycles. The lowest BCUT2D eigenvalue weighted by Gasteiger charge is -2.28. The van der Waals surface area contributed by atoms with E-state index in [4.69, 9.17) is 11.6 Å². The standard InChI is InChI=1S/C13H20ClNOS/c1-4-10-6-7-11(17-10)12(16)15-13(3,5-2)8-9-14/h6-7H,4-5,8-9H2,1-3H3,(H,15,16). The van der Waals surface area contributed by atoms with Gasteiger partial charge in [-0.25, -0.2) is 0 Å². The van der Waals surface area contributed by atoms with Gasteiger partial charge >= 0.3 is 0 Å². The molecule has 4 heteroatoms. The number of alkyl halides is 1. The molecule has 1 amide bonds. The van der Waals surface area contributed by atoms with Crippen LogP contribution in [0, 0.1) is 0 Å². The Balaban J connectivity index is 2.70. The number of aryl methyl sites for hydroxylation is 1. The lowest BCUT2D eigenvalue weighted by molar-refractivity contribution is 0.0906. The first-order valence-corrected chi connectivity index (χ1v) is 7.37. The average Bonchev–Trinajstić information content (AvgIpc) is 2.78. The summed E-state index contributed by atoms with van der Waals surface area (Å²) in [4.78, 5) is 14.1. The molecule has 1 heterocycles. The number of hydrogen-bond acceptors (Lipinski definition) is 2. The zero-order valence-corrected chi connectivity index (χ0v) is 12.3. The number of nitrogens with one attached hydrogen (secondary N) is 1. The Morgan fingerprint density at radius 2 is 2.18 bits per heavy atom. The highest BCUT2D eigenvalue weighted by Gasteiger charge is 2.24. The summed E-state index contributed by atoms with van der Waals surface area (Å²) in [6.45, 7) is 6.21. The summed E-state index contributed by atoms with van der Waals surface area (Å²) in [5.74, 6) is 0.582. The number of carbonyl (C=O) groups is 1. The number of thiophene rings is 1. The minimum Gasteiger partial charge on any atom is -0.346 e. The largest absolute Gasteiger partial charge is 0.346 e. The van der Waals surface area contributed by atoms with Gasteiger partial charge in [-0.2, -0.15) is 0 Å². The number of rotatable bonds is 6. The van der Waals surface area contributed by atoms with Gasteiger partial charge in [-0.15, -0.1) is 22.9 Å². The molecule has 1 rings (SSSR count). The van der Waals surface area contributed by atoms with Crippen molar-refractivity contribution < 1.29 is 4.79 Å². The Bertz CT molecular complexity index is 377. The van der Waals surface area contributed by atoms with Crippen LogP contribution in [0.15, 0.2) is 12.1 Å². The fourth-order valence-electron chi connectivity index (χ4n) is 1.56. The van der Waals surface area contributed by atoms with Gasteiger partial charge < -0.3 is 5.32 Å². The van der Waals surface area contributed by atoms with Crippen molar-refractivity contribution in [3.8, 4) is 0 Å². The van der Waals surface area contributed by atoms with Gasteiger partial charge in [0.25, 0.3) is 5.91 Å². The summed E-state index contributed by atoms with van der Waals surface area (Å²) in [6, 6.07) is 3.92. The van der Waals surface area contributed by atoms with E-state index in [1.54, 1.807) is 11.3 Å². The Kier molecular flexibility index (Phi) is 5.47. The second-order valence-electron chi connectivity index (χ2n) is 4.43. The van der Waals surface area contributed by atoms with Gasteiger partial charge in [-0.3, -0.25) is 4.79 Å². The SMILES string of the molecule is CCc1ccc(C(=O)NC(C)(CC)CCCl)s1. The molecule has 1 atom stereocenters. The number of carbonyl (C=O) groups excluding carboxylic acids is 1. The van der Waals surface area contributed by atoms with Crippen LogP contribution in [-0.2, 0) is 6.42 Å². The van der Waals surface area contributed by atoms with Gasteiger partial charge in [-0.1, -0.05) is 13.8 Å². The summed E-state index contributed by atoms with van der Waals surface area (Å²) in [6.07, 6.45) is 2.66. The summed E-state index contributed by atoms with van der Waals surface area (Å²) < 4.78 is 0. The van der Waals surface area contributed by atoms with E-state index in [1.165, 1.54) is 4.88 Å². The maximum atomic E-state index is 12.1. The zero-order valence-electron chi connectivity index (χ0n) is 10.7. The van der Waals surface area contributed by atoms with Crippen LogP contribution >= 0.6 is 22.9 Å². The average molecular weight is 274 g/mol. The first kappa shape index (κ1) is 14.5. The van der Waals surface area contributed by atoms with Crippen LogP contribution in [0.3, 0.4) is 0 Å². The molecule has 0 bridgehead atoms. The van der Waals surface area contributed by atoms with Gasteiger partial charge in [0.2, 0.25) is 0 Å². The molecule has 17 heavy (non-hydrogen) atoms. The third-order valence-electron chi connectivity index (χ3n) is 3.08. The van der Waals surface area contributed by atoms with E-state index in [0.717, 1.165) is 24.1 Å². The van der Waals surface area contributed by atoms with E-state index >= 15 is 0 Å². The van der Waals surface area contributed by atoms with Gasteiger partial charge in [0.1, 0.15) is 0 Å². The Hall–Kier alpha value is -0.540. The highest BCUT2D eigenvalue weighted by molar-refractivity contribution is 7.14. The zero-order chi connectivity index (χ0) is 12.9. The maximum absolute atomic E-state index is 12.1. The van der Waals surface area contributed by atoms with Crippen LogP contribution in [0.4, 0.5) is 0 Å². The normalized spacial score (nSPS) is 14.4. The van der Waals surface area contributed by atoms with Gasteiger partial charge in [-0.05, 0) is 38.3 Å². The van der Waals surface area contributed by atoms with Crippen molar-refractivity contribution in [1.29, 1.82) is 0 Å². The van der Waals surface area contributed by atoms with Crippen molar-refractivity contribution in [2.24, 2.45) is 0 Å². The minimum absolute atomic E-state index is 0.0177. The topological polar surface area (TPSA) is 29.1 Å². The molecular formula is C13H20ClNOS. The van der Waals surface area contributed by atoms with Crippen LogP contribution in [0.1, 0.15) is 48.2 Å². The molecule has 2 nitrogen and oxygen atoms in total. The fourth-order valence-corrected chi connectivity index (χ4v) is 2.82. The van der Waals surface area contributed by atoms with E-state index in [2.05, 4.69) is 19.2 Å². The number of halogens is 1. The van der Waals surface area contributed by atoms with Crippen LogP contribution in [0.2, 0.25) is 0 Å². The smallest absolute Gasteiger partial charge is 0.261 e. The Labute approximate surface area is 112 Å². The molecule has 0 aliphatic rings. The first-order valence-electron chi connectivity index (χ1n) is 6.02. The monoisotopic (exact) mass is 273 g/mol. The second-order valence-corrected chi connectivity index (χ2v) is 5.97. The van der Waals surface area contributed by atoms with Crippen LogP contribution in [0.5, 0.6) is 0 Å². The molecule has 1 aromatic heterocycles. The molecule has 0 saturated carbocycles. The quantitative estimate of drug-likeness (QED) is 0.784. The molecule has 0 spiro atoms. The highest BCUT2D eigenvalue weighted by atomic mass is 35.5. The lowest BCUT2D eigenvalue weighted by Crippen LogP contribution is -2.45. The minimum atomic E-state index is -0.199. The Morgan fingerprint density at radius 1 is 1.47 bits per heavy atom. The Morgan fingerprint density at radius 3 is 2.65 bits per heavy atom. The third-order valence-corrected chi connectivity index (χ3v) is 4.49. The third kappa shape index (κ3) is 4.00. The fraction of sp³-hybridized carbons (Fsp3) is 0.615. The second kappa shape index (κ2) is 6.41. The maximum Gasteiger partial charge on any atom is 0.261 e. The van der Waals surface area contributed by atoms with E-state index in [-0.39, 0.29) is 11.4 Å². The van der Waals surface area contributed by atoms with Gasteiger partial charge in [0, 0.05) is 16.3 Å². The van der Waals surface area contributed by atoms with E-state index in [1.807, 2.05) is 19.1 Å². The summed E-state index contributed by atoms with van der Waals surface area (Å²) in [7, 11) is 0. The number of amides is 1. The van der Waals surface area contributed by atoms with Crippen LogP contribution < -0.4 is 5.32 Å². The lowest BCUT2D eigenvalue weighted by atomic mass is 9.95. The predicted molar refractivity (Wildman–Crippen MR) is 75.2 cm³/mol. The van der Waals surface area contributed by atoms with Crippen molar-refractivity contribution in [1.82, 2.24) is 5.32 Å². The van der Waals surface area contributed by atoms with Crippen molar-refractivity contribution in [2.75, 3.05) is 5.88 Å². The highest BCUT2D eigenvalue weighted by Crippen LogP contribution is 2.20. The predicted octanol–water partition coefficient (Wildman–Crippen LogP) is 3.84. The first-order chi connectivity index (χ1) is 8.04. The molecular weight excluding hydrogens is 254 g/mol. The molecule has 0 radical (unpaired) electrons. The van der Waals surface area contributed by atoms with Crippen molar-refractivity contribution in [3.05, 3.63) is 21.9 Å². The van der Waals surface area contributed by atoms with Crippen LogP contribution in [-0.4, -0.2) is 17.3 Å². The molecule has 1 unspecified atom stereocenters. The molecule has 0 aliphatic heterocycles. The van der Waals surface area contributed by atoms with Gasteiger partial charge in [0.05, 0.1) is 4.88 Å². The summed E-state index contributed by atoms with van der Waals surface area (Å²) in [5, 5.41) is 3.08. The van der Waals surface area contributed by atoms with Crippen molar-refractivity contribution in [2.45, 2.75) is 45.6 Å². The van der Waals surface area contributed by atoms with E-state index in [9.17, 15) is 4.79 Å². The molecule has 96 valence electrons. The molecule has 0 aliphatic carbocycles. The van der Waals surface area contributed by atoms with E-state index < -0.39 is 0 Å². The number of hydrogen-bond donors (Lipinski definition) is 1. The molecule has 1 aromatic rings. The summed E-state index contributed by atoms with van der Waals surface area (Å²) >= 11 is 7.34. The van der Waals surface area contributed by atoms with Gasteiger partial charge in [0.15, 0.2) is 0 Å².